The molecule has 0 unspecified atom stereocenters. The van der Waals surface area contributed by atoms with Gasteiger partial charge in [0.25, 0.3) is 0 Å². The van der Waals surface area contributed by atoms with Crippen LogP contribution in [0.15, 0.2) is 30.3 Å². The molecule has 1 aromatic carbocycles. The summed E-state index contributed by atoms with van der Waals surface area (Å²) in [7, 11) is 3.73. The minimum absolute atomic E-state index is 0.507. The summed E-state index contributed by atoms with van der Waals surface area (Å²) >= 11 is 0. The number of carbonyl (C=O) groups excluding carboxylic acids is 2. The lowest BCUT2D eigenvalue weighted by Crippen LogP contribution is -2.38. The Bertz CT molecular complexity index is 489. The number of rotatable bonds is 4. The van der Waals surface area contributed by atoms with Gasteiger partial charge in [-0.05, 0) is 0 Å². The zero-order valence-electron chi connectivity index (χ0n) is 11.9. The van der Waals surface area contributed by atoms with E-state index in [1.165, 1.54) is 21.3 Å². The second-order valence-corrected chi connectivity index (χ2v) is 4.25. The summed E-state index contributed by atoms with van der Waals surface area (Å²) in [5.74, 6) is -3.17. The predicted molar refractivity (Wildman–Crippen MR) is 68.9 cm³/mol. The predicted octanol–water partition coefficient (Wildman–Crippen LogP) is 0.573. The second-order valence-electron chi connectivity index (χ2n) is 4.25. The average molecular weight is 296 g/mol. The van der Waals surface area contributed by atoms with Crippen molar-refractivity contribution in [2.75, 3.05) is 21.3 Å². The van der Waals surface area contributed by atoms with Crippen LogP contribution in [0.25, 0.3) is 0 Å². The van der Waals surface area contributed by atoms with Gasteiger partial charge in [0.1, 0.15) is 0 Å². The van der Waals surface area contributed by atoms with Crippen LogP contribution in [-0.4, -0.2) is 45.5 Å². The first kappa shape index (κ1) is 15.4. The minimum atomic E-state index is -1.67. The lowest BCUT2D eigenvalue weighted by molar-refractivity contribution is -0.341. The molecule has 2 atom stereocenters. The molecule has 0 aliphatic carbocycles. The monoisotopic (exact) mass is 296 g/mol. The van der Waals surface area contributed by atoms with E-state index in [9.17, 15) is 9.59 Å². The number of hydrogen-bond acceptors (Lipinski definition) is 7. The molecule has 2 rings (SSSR count). The van der Waals surface area contributed by atoms with Gasteiger partial charge in [0.2, 0.25) is 0 Å². The van der Waals surface area contributed by atoms with Crippen molar-refractivity contribution in [3.05, 3.63) is 35.9 Å². The van der Waals surface area contributed by atoms with Crippen LogP contribution in [-0.2, 0) is 39.2 Å². The summed E-state index contributed by atoms with van der Waals surface area (Å²) in [5.41, 5.74) is 0.507. The second kappa shape index (κ2) is 6.21. The lowest BCUT2D eigenvalue weighted by atomic mass is 10.2. The molecule has 0 amide bonds. The number of carbonyl (C=O) groups is 2. The topological polar surface area (TPSA) is 80.3 Å². The Morgan fingerprint density at radius 2 is 1.43 bits per heavy atom. The van der Waals surface area contributed by atoms with E-state index >= 15 is 0 Å². The van der Waals surface area contributed by atoms with Crippen molar-refractivity contribution >= 4 is 11.9 Å². The molecule has 1 aliphatic heterocycles. The highest BCUT2D eigenvalue weighted by Gasteiger charge is 2.56. The highest BCUT2D eigenvalue weighted by molar-refractivity contribution is 5.86. The van der Waals surface area contributed by atoms with E-state index in [0.29, 0.717) is 5.56 Å². The summed E-state index contributed by atoms with van der Waals surface area (Å²) in [4.78, 5) is 23.6. The van der Waals surface area contributed by atoms with Crippen molar-refractivity contribution in [1.29, 1.82) is 0 Å². The Labute approximate surface area is 121 Å². The molecule has 0 radical (unpaired) electrons. The van der Waals surface area contributed by atoms with Gasteiger partial charge in [-0.3, -0.25) is 0 Å². The molecule has 1 heterocycles. The van der Waals surface area contributed by atoms with Crippen LogP contribution < -0.4 is 0 Å². The minimum Gasteiger partial charge on any atom is -0.467 e. The Morgan fingerprint density at radius 3 is 1.81 bits per heavy atom. The van der Waals surface area contributed by atoms with Gasteiger partial charge in [0, 0.05) is 12.7 Å². The summed E-state index contributed by atoms with van der Waals surface area (Å²) in [6.07, 6.45) is -2.55. The third-order valence-corrected chi connectivity index (χ3v) is 3.10. The van der Waals surface area contributed by atoms with Crippen LogP contribution in [0.1, 0.15) is 5.56 Å². The number of esters is 2. The fourth-order valence-electron chi connectivity index (χ4n) is 2.05. The molecule has 0 saturated carbocycles. The van der Waals surface area contributed by atoms with Crippen molar-refractivity contribution in [3.8, 4) is 0 Å². The zero-order valence-corrected chi connectivity index (χ0v) is 11.9. The summed E-state index contributed by atoms with van der Waals surface area (Å²) in [6, 6.07) is 8.69. The van der Waals surface area contributed by atoms with Crippen molar-refractivity contribution < 1.29 is 33.3 Å². The number of benzene rings is 1. The molecule has 0 N–H and O–H groups in total. The van der Waals surface area contributed by atoms with Gasteiger partial charge >= 0.3 is 17.9 Å². The van der Waals surface area contributed by atoms with E-state index in [1.807, 2.05) is 0 Å². The SMILES string of the molecule is COC(=O)[C@@H]1OC(OC)(c2ccccc2)O[C@H]1C(=O)OC. The van der Waals surface area contributed by atoms with Gasteiger partial charge in [-0.25, -0.2) is 9.59 Å². The van der Waals surface area contributed by atoms with Gasteiger partial charge < -0.3 is 23.7 Å². The first-order chi connectivity index (χ1) is 10.1. The Morgan fingerprint density at radius 1 is 0.952 bits per heavy atom. The van der Waals surface area contributed by atoms with Crippen LogP contribution in [0.3, 0.4) is 0 Å². The molecule has 1 saturated heterocycles. The molecule has 1 fully saturated rings. The fraction of sp³-hybridized carbons (Fsp3) is 0.429. The molecule has 7 heteroatoms. The normalized spacial score (nSPS) is 23.6. The highest BCUT2D eigenvalue weighted by Crippen LogP contribution is 2.39. The summed E-state index contributed by atoms with van der Waals surface area (Å²) in [5, 5.41) is 0. The zero-order chi connectivity index (χ0) is 15.5. The van der Waals surface area contributed by atoms with Gasteiger partial charge in [-0.2, -0.15) is 0 Å². The number of hydrogen-bond donors (Lipinski definition) is 0. The van der Waals surface area contributed by atoms with Gasteiger partial charge in [-0.15, -0.1) is 0 Å². The molecular weight excluding hydrogens is 280 g/mol. The Kier molecular flexibility index (Phi) is 4.56. The van der Waals surface area contributed by atoms with Crippen molar-refractivity contribution in [3.63, 3.8) is 0 Å². The average Bonchev–Trinajstić information content (AvgIpc) is 2.95. The first-order valence-corrected chi connectivity index (χ1v) is 6.20. The third-order valence-electron chi connectivity index (χ3n) is 3.10. The number of methoxy groups -OCH3 is 3. The molecule has 0 spiro atoms. The quantitative estimate of drug-likeness (QED) is 0.751. The molecule has 1 aromatic rings. The van der Waals surface area contributed by atoms with Crippen LogP contribution in [0.2, 0.25) is 0 Å². The van der Waals surface area contributed by atoms with Gasteiger partial charge in [0.15, 0.2) is 12.2 Å². The molecular formula is C14H16O7. The smallest absolute Gasteiger partial charge is 0.338 e. The largest absolute Gasteiger partial charge is 0.467 e. The fourth-order valence-corrected chi connectivity index (χ4v) is 2.05. The van der Waals surface area contributed by atoms with E-state index in [-0.39, 0.29) is 0 Å². The lowest BCUT2D eigenvalue weighted by Gasteiger charge is -2.25. The van der Waals surface area contributed by atoms with Crippen LogP contribution in [0, 0.1) is 0 Å². The molecule has 114 valence electrons. The first-order valence-electron chi connectivity index (χ1n) is 6.20. The van der Waals surface area contributed by atoms with Crippen LogP contribution in [0.4, 0.5) is 0 Å². The van der Waals surface area contributed by atoms with Crippen LogP contribution >= 0.6 is 0 Å². The molecule has 0 aromatic heterocycles. The van der Waals surface area contributed by atoms with Crippen molar-refractivity contribution in [2.24, 2.45) is 0 Å². The third kappa shape index (κ3) is 2.76. The maximum atomic E-state index is 11.8. The maximum Gasteiger partial charge on any atom is 0.338 e. The van der Waals surface area contributed by atoms with Gasteiger partial charge in [-0.1, -0.05) is 30.3 Å². The molecule has 21 heavy (non-hydrogen) atoms. The van der Waals surface area contributed by atoms with Crippen molar-refractivity contribution in [1.82, 2.24) is 0 Å². The van der Waals surface area contributed by atoms with E-state index in [2.05, 4.69) is 9.47 Å². The van der Waals surface area contributed by atoms with Crippen LogP contribution in [0.5, 0.6) is 0 Å². The van der Waals surface area contributed by atoms with E-state index in [1.54, 1.807) is 30.3 Å². The van der Waals surface area contributed by atoms with E-state index in [0.717, 1.165) is 0 Å². The standard InChI is InChI=1S/C14H16O7/c1-17-12(15)10-11(13(16)18-2)21-14(19-3,20-10)9-7-5-4-6-8-9/h4-8,10-11H,1-3H3/t10-,11-/m1/s1. The van der Waals surface area contributed by atoms with Crippen molar-refractivity contribution in [2.45, 2.75) is 18.2 Å². The van der Waals surface area contributed by atoms with E-state index in [4.69, 9.17) is 14.2 Å². The summed E-state index contributed by atoms with van der Waals surface area (Å²) in [6.45, 7) is 0. The Hall–Kier alpha value is -1.96. The highest BCUT2D eigenvalue weighted by atomic mass is 16.9. The molecule has 1 aliphatic rings. The Balaban J connectivity index is 2.38. The summed E-state index contributed by atoms with van der Waals surface area (Å²) < 4.78 is 25.6. The molecule has 0 bridgehead atoms. The number of ether oxygens (including phenoxy) is 5. The van der Waals surface area contributed by atoms with E-state index < -0.39 is 30.1 Å². The van der Waals surface area contributed by atoms with Gasteiger partial charge in [0.05, 0.1) is 14.2 Å². The maximum absolute atomic E-state index is 11.8. The molecule has 7 nitrogen and oxygen atoms in total.